The van der Waals surface area contributed by atoms with Crippen LogP contribution in [0.2, 0.25) is 0 Å². The Balaban J connectivity index is 1.44. The molecule has 0 radical (unpaired) electrons. The van der Waals surface area contributed by atoms with Crippen LogP contribution in [0.25, 0.3) is 0 Å². The molecule has 108 valence electrons. The van der Waals surface area contributed by atoms with Crippen LogP contribution in [0.1, 0.15) is 12.8 Å². The van der Waals surface area contributed by atoms with Gasteiger partial charge in [0.2, 0.25) is 5.91 Å². The van der Waals surface area contributed by atoms with Gasteiger partial charge in [0.15, 0.2) is 0 Å². The van der Waals surface area contributed by atoms with Crippen molar-refractivity contribution in [3.05, 3.63) is 16.8 Å². The highest BCUT2D eigenvalue weighted by Gasteiger charge is 2.47. The molecule has 5 heteroatoms. The zero-order valence-corrected chi connectivity index (χ0v) is 12.3. The van der Waals surface area contributed by atoms with E-state index < -0.39 is 0 Å². The van der Waals surface area contributed by atoms with E-state index in [1.165, 1.54) is 0 Å². The van der Waals surface area contributed by atoms with Gasteiger partial charge in [-0.1, -0.05) is 0 Å². The third-order valence-electron chi connectivity index (χ3n) is 4.99. The second-order valence-electron chi connectivity index (χ2n) is 6.09. The predicted octanol–water partition coefficient (Wildman–Crippen LogP) is 1.82. The van der Waals surface area contributed by atoms with Crippen LogP contribution in [-0.4, -0.2) is 49.7 Å². The second-order valence-corrected chi connectivity index (χ2v) is 6.87. The van der Waals surface area contributed by atoms with Crippen molar-refractivity contribution >= 4 is 22.9 Å². The fourth-order valence-corrected chi connectivity index (χ4v) is 4.53. The minimum absolute atomic E-state index is 0.220. The molecule has 20 heavy (non-hydrogen) atoms. The standard InChI is InChI=1S/C15H20N2O2S/c18-15-14-9-16(12-1-4-19-5-2-12)7-11(14)8-17(15)13-3-6-20-10-13/h3,6,10-12,14H,1-2,4-5,7-9H2/t11-,14-/m1/s1. The smallest absolute Gasteiger partial charge is 0.231 e. The van der Waals surface area contributed by atoms with Gasteiger partial charge in [-0.25, -0.2) is 0 Å². The van der Waals surface area contributed by atoms with Crippen LogP contribution in [0.5, 0.6) is 0 Å². The topological polar surface area (TPSA) is 32.8 Å². The lowest BCUT2D eigenvalue weighted by Crippen LogP contribution is -2.40. The highest BCUT2D eigenvalue weighted by atomic mass is 32.1. The molecule has 3 aliphatic heterocycles. The van der Waals surface area contributed by atoms with Crippen LogP contribution >= 0.6 is 11.3 Å². The number of likely N-dealkylation sites (tertiary alicyclic amines) is 1. The molecule has 0 N–H and O–H groups in total. The molecule has 3 fully saturated rings. The van der Waals surface area contributed by atoms with Crippen molar-refractivity contribution in [1.82, 2.24) is 4.90 Å². The Morgan fingerprint density at radius 1 is 1.20 bits per heavy atom. The molecular formula is C15H20N2O2S. The van der Waals surface area contributed by atoms with Gasteiger partial charge in [0, 0.05) is 50.2 Å². The van der Waals surface area contributed by atoms with Gasteiger partial charge < -0.3 is 9.64 Å². The Morgan fingerprint density at radius 2 is 2.05 bits per heavy atom. The maximum absolute atomic E-state index is 12.6. The average molecular weight is 292 g/mol. The quantitative estimate of drug-likeness (QED) is 0.833. The molecule has 3 aliphatic rings. The largest absolute Gasteiger partial charge is 0.381 e. The Labute approximate surface area is 123 Å². The minimum atomic E-state index is 0.220. The number of thiophene rings is 1. The van der Waals surface area contributed by atoms with Crippen molar-refractivity contribution < 1.29 is 9.53 Å². The molecule has 4 nitrogen and oxygen atoms in total. The van der Waals surface area contributed by atoms with Crippen LogP contribution in [0, 0.1) is 11.8 Å². The number of nitrogens with zero attached hydrogens (tertiary/aromatic N) is 2. The van der Waals surface area contributed by atoms with Gasteiger partial charge >= 0.3 is 0 Å². The molecule has 2 atom stereocenters. The average Bonchev–Trinajstić information content (AvgIpc) is 3.18. The van der Waals surface area contributed by atoms with E-state index in [0.29, 0.717) is 17.9 Å². The van der Waals surface area contributed by atoms with Crippen LogP contribution < -0.4 is 4.90 Å². The first-order chi connectivity index (χ1) is 9.83. The lowest BCUT2D eigenvalue weighted by molar-refractivity contribution is -0.120. The number of rotatable bonds is 2. The number of ether oxygens (including phenoxy) is 1. The molecule has 1 aromatic rings. The van der Waals surface area contributed by atoms with Crippen molar-refractivity contribution in [2.45, 2.75) is 18.9 Å². The molecule has 0 spiro atoms. The maximum atomic E-state index is 12.6. The van der Waals surface area contributed by atoms with Gasteiger partial charge in [0.05, 0.1) is 11.6 Å². The minimum Gasteiger partial charge on any atom is -0.381 e. The summed E-state index contributed by atoms with van der Waals surface area (Å²) in [4.78, 5) is 17.1. The van der Waals surface area contributed by atoms with Crippen LogP contribution in [0.15, 0.2) is 16.8 Å². The fourth-order valence-electron chi connectivity index (χ4n) is 3.89. The van der Waals surface area contributed by atoms with E-state index in [0.717, 1.165) is 51.4 Å². The normalized spacial score (nSPS) is 32.0. The van der Waals surface area contributed by atoms with Crippen LogP contribution in [-0.2, 0) is 9.53 Å². The first-order valence-corrected chi connectivity index (χ1v) is 8.42. The molecule has 0 aliphatic carbocycles. The van der Waals surface area contributed by atoms with E-state index >= 15 is 0 Å². The summed E-state index contributed by atoms with van der Waals surface area (Å²) < 4.78 is 5.44. The van der Waals surface area contributed by atoms with E-state index in [2.05, 4.69) is 16.3 Å². The molecule has 0 unspecified atom stereocenters. The molecule has 1 amide bonds. The van der Waals surface area contributed by atoms with Crippen molar-refractivity contribution in [2.75, 3.05) is 37.7 Å². The second kappa shape index (κ2) is 5.13. The van der Waals surface area contributed by atoms with Crippen molar-refractivity contribution in [3.63, 3.8) is 0 Å². The highest BCUT2D eigenvalue weighted by molar-refractivity contribution is 7.08. The first-order valence-electron chi connectivity index (χ1n) is 7.48. The number of hydrogen-bond acceptors (Lipinski definition) is 4. The van der Waals surface area contributed by atoms with E-state index in [1.54, 1.807) is 11.3 Å². The summed E-state index contributed by atoms with van der Waals surface area (Å²) in [5.41, 5.74) is 1.09. The summed E-state index contributed by atoms with van der Waals surface area (Å²) >= 11 is 1.66. The first kappa shape index (κ1) is 12.8. The van der Waals surface area contributed by atoms with E-state index in [4.69, 9.17) is 4.74 Å². The number of amides is 1. The number of carbonyl (C=O) groups excluding carboxylic acids is 1. The summed E-state index contributed by atoms with van der Waals surface area (Å²) in [5, 5.41) is 4.13. The highest BCUT2D eigenvalue weighted by Crippen LogP contribution is 2.37. The molecule has 1 aromatic heterocycles. The number of fused-ring (bicyclic) bond motifs is 1. The maximum Gasteiger partial charge on any atom is 0.231 e. The Hall–Kier alpha value is -0.910. The van der Waals surface area contributed by atoms with Crippen molar-refractivity contribution in [1.29, 1.82) is 0 Å². The van der Waals surface area contributed by atoms with Gasteiger partial charge in [0.1, 0.15) is 0 Å². The zero-order chi connectivity index (χ0) is 13.5. The molecular weight excluding hydrogens is 272 g/mol. The molecule has 0 aromatic carbocycles. The summed E-state index contributed by atoms with van der Waals surface area (Å²) in [6.07, 6.45) is 2.25. The van der Waals surface area contributed by atoms with Gasteiger partial charge in [0.25, 0.3) is 0 Å². The molecule has 4 heterocycles. The predicted molar refractivity (Wildman–Crippen MR) is 79.1 cm³/mol. The summed E-state index contributed by atoms with van der Waals surface area (Å²) in [6.45, 7) is 4.70. The van der Waals surface area contributed by atoms with Crippen LogP contribution in [0.4, 0.5) is 5.69 Å². The third kappa shape index (κ3) is 2.08. The van der Waals surface area contributed by atoms with Crippen molar-refractivity contribution in [2.24, 2.45) is 11.8 Å². The van der Waals surface area contributed by atoms with Crippen molar-refractivity contribution in [3.8, 4) is 0 Å². The Morgan fingerprint density at radius 3 is 2.75 bits per heavy atom. The number of hydrogen-bond donors (Lipinski definition) is 0. The zero-order valence-electron chi connectivity index (χ0n) is 11.5. The molecule has 0 bridgehead atoms. The number of carbonyl (C=O) groups is 1. The Kier molecular flexibility index (Phi) is 3.28. The summed E-state index contributed by atoms with van der Waals surface area (Å²) in [7, 11) is 0. The monoisotopic (exact) mass is 292 g/mol. The fraction of sp³-hybridized carbons (Fsp3) is 0.667. The van der Waals surface area contributed by atoms with Gasteiger partial charge in [-0.3, -0.25) is 9.69 Å². The third-order valence-corrected chi connectivity index (χ3v) is 5.67. The van der Waals surface area contributed by atoms with E-state index in [9.17, 15) is 4.79 Å². The number of anilines is 1. The molecule has 0 saturated carbocycles. The molecule has 3 saturated heterocycles. The van der Waals surface area contributed by atoms with E-state index in [1.807, 2.05) is 10.3 Å². The Bertz CT molecular complexity index is 484. The lowest BCUT2D eigenvalue weighted by Gasteiger charge is -2.32. The van der Waals surface area contributed by atoms with Gasteiger partial charge in [-0.15, -0.1) is 0 Å². The van der Waals surface area contributed by atoms with E-state index in [-0.39, 0.29) is 5.92 Å². The van der Waals surface area contributed by atoms with Crippen LogP contribution in [0.3, 0.4) is 0 Å². The molecule has 4 rings (SSSR count). The van der Waals surface area contributed by atoms with Gasteiger partial charge in [-0.2, -0.15) is 11.3 Å². The van der Waals surface area contributed by atoms with Gasteiger partial charge in [-0.05, 0) is 24.3 Å². The summed E-state index contributed by atoms with van der Waals surface area (Å²) in [5.74, 6) is 1.07. The SMILES string of the molecule is O=C1[C@@H]2CN(C3CCOCC3)C[C@@H]2CN1c1ccsc1. The summed E-state index contributed by atoms with van der Waals surface area (Å²) in [6, 6.07) is 2.69. The lowest BCUT2D eigenvalue weighted by atomic mass is 10.0.